The second-order valence-corrected chi connectivity index (χ2v) is 9.46. The summed E-state index contributed by atoms with van der Waals surface area (Å²) in [5.74, 6) is -1.03. The van der Waals surface area contributed by atoms with E-state index in [0.717, 1.165) is 5.39 Å². The highest BCUT2D eigenvalue weighted by Gasteiger charge is 2.22. The first kappa shape index (κ1) is 30.7. The summed E-state index contributed by atoms with van der Waals surface area (Å²) >= 11 is 6.01. The summed E-state index contributed by atoms with van der Waals surface area (Å²) in [4.78, 5) is 47.1. The van der Waals surface area contributed by atoms with Crippen LogP contribution in [0.15, 0.2) is 48.8 Å². The Hall–Kier alpha value is -3.87. The summed E-state index contributed by atoms with van der Waals surface area (Å²) in [6, 6.07) is 8.13. The molecule has 2 heterocycles. The average molecular weight is 575 g/mol. The number of benzene rings is 1. The number of nitrogens with zero attached hydrogens (tertiary/aromatic N) is 3. The number of carbonyl (C=O) groups is 3. The van der Waals surface area contributed by atoms with Gasteiger partial charge in [-0.05, 0) is 43.0 Å². The summed E-state index contributed by atoms with van der Waals surface area (Å²) in [6.45, 7) is -0.369. The van der Waals surface area contributed by atoms with Gasteiger partial charge in [0.25, 0.3) is 0 Å². The zero-order chi connectivity index (χ0) is 29.1. The monoisotopic (exact) mass is 574 g/mol. The van der Waals surface area contributed by atoms with E-state index in [1.165, 1.54) is 23.2 Å². The van der Waals surface area contributed by atoms with Crippen molar-refractivity contribution in [3.8, 4) is 0 Å². The predicted molar refractivity (Wildman–Crippen MR) is 148 cm³/mol. The van der Waals surface area contributed by atoms with Gasteiger partial charge in [-0.3, -0.25) is 19.9 Å². The fourth-order valence-electron chi connectivity index (χ4n) is 3.87. The van der Waals surface area contributed by atoms with Gasteiger partial charge < -0.3 is 25.8 Å². The van der Waals surface area contributed by atoms with Crippen LogP contribution in [0.3, 0.4) is 0 Å². The van der Waals surface area contributed by atoms with Crippen molar-refractivity contribution in [1.82, 2.24) is 20.2 Å². The molecular formula is C27H32ClFN6O5. The molecule has 0 spiro atoms. The van der Waals surface area contributed by atoms with Crippen LogP contribution in [-0.4, -0.2) is 76.8 Å². The van der Waals surface area contributed by atoms with Gasteiger partial charge in [0.15, 0.2) is 0 Å². The number of hydrogen-bond acceptors (Lipinski definition) is 8. The minimum atomic E-state index is -1.03. The lowest BCUT2D eigenvalue weighted by Gasteiger charge is -2.28. The van der Waals surface area contributed by atoms with Gasteiger partial charge in [-0.15, -0.1) is 0 Å². The van der Waals surface area contributed by atoms with Crippen LogP contribution in [0.5, 0.6) is 0 Å². The number of nitrogens with one attached hydrogen (secondary N) is 2. The molecule has 214 valence electrons. The highest BCUT2D eigenvalue weighted by Crippen LogP contribution is 2.21. The topological polar surface area (TPSA) is 160 Å². The number of ether oxygens (including phenoxy) is 1. The first-order valence-corrected chi connectivity index (χ1v) is 13.0. The standard InChI is InChI=1S/C27H32ClFN6O5/c1-35(24(37)10-9-17-5-2-8-20(29)25(17)28)19(7-4-12-32-26(38)21(30)15-36)16-40-27(39)34-23-13-18-6-3-11-31-22(18)14-33-23/h2-3,5-6,8,11,13-14,19,21,36H,4,7,9-10,12,15-16,30H2,1H3,(H,32,38)(H,33,34,39)/t19-,21-/m0/s1. The van der Waals surface area contributed by atoms with Gasteiger partial charge in [0.05, 0.1) is 29.4 Å². The Labute approximate surface area is 235 Å². The van der Waals surface area contributed by atoms with E-state index in [0.29, 0.717) is 23.9 Å². The first-order chi connectivity index (χ1) is 19.2. The van der Waals surface area contributed by atoms with Crippen molar-refractivity contribution in [1.29, 1.82) is 0 Å². The summed E-state index contributed by atoms with van der Waals surface area (Å²) in [5.41, 5.74) is 6.69. The van der Waals surface area contributed by atoms with Gasteiger partial charge in [-0.2, -0.15) is 0 Å². The van der Waals surface area contributed by atoms with Crippen molar-refractivity contribution in [3.05, 3.63) is 65.2 Å². The molecule has 13 heteroatoms. The largest absolute Gasteiger partial charge is 0.447 e. The van der Waals surface area contributed by atoms with Crippen molar-refractivity contribution in [3.63, 3.8) is 0 Å². The van der Waals surface area contributed by atoms with E-state index < -0.39 is 36.5 Å². The molecule has 2 aromatic heterocycles. The summed E-state index contributed by atoms with van der Waals surface area (Å²) in [6.07, 6.45) is 3.52. The Balaban J connectivity index is 1.59. The highest BCUT2D eigenvalue weighted by molar-refractivity contribution is 6.31. The van der Waals surface area contributed by atoms with E-state index in [4.69, 9.17) is 27.2 Å². The Kier molecular flexibility index (Phi) is 11.5. The zero-order valence-electron chi connectivity index (χ0n) is 22.0. The molecule has 0 fully saturated rings. The Morgan fingerprint density at radius 1 is 1.23 bits per heavy atom. The number of hydrogen-bond donors (Lipinski definition) is 4. The lowest BCUT2D eigenvalue weighted by molar-refractivity contribution is -0.133. The minimum Gasteiger partial charge on any atom is -0.447 e. The number of halogens is 2. The number of anilines is 1. The Morgan fingerprint density at radius 2 is 2.02 bits per heavy atom. The molecule has 0 unspecified atom stereocenters. The maximum absolute atomic E-state index is 13.8. The number of pyridine rings is 2. The molecule has 0 aliphatic carbocycles. The number of nitrogens with two attached hydrogens (primary N) is 1. The smallest absolute Gasteiger partial charge is 0.412 e. The third kappa shape index (κ3) is 8.83. The number of likely N-dealkylation sites (N-methyl/N-ethyl adjacent to an activating group) is 1. The van der Waals surface area contributed by atoms with Gasteiger partial charge in [0.1, 0.15) is 24.3 Å². The van der Waals surface area contributed by atoms with Gasteiger partial charge in [-0.1, -0.05) is 29.8 Å². The number of aliphatic hydroxyl groups excluding tert-OH is 1. The fourth-order valence-corrected chi connectivity index (χ4v) is 4.09. The van der Waals surface area contributed by atoms with Crippen LogP contribution < -0.4 is 16.4 Å². The van der Waals surface area contributed by atoms with Gasteiger partial charge in [0, 0.05) is 31.6 Å². The van der Waals surface area contributed by atoms with Gasteiger partial charge >= 0.3 is 6.09 Å². The molecule has 0 aliphatic heterocycles. The zero-order valence-corrected chi connectivity index (χ0v) is 22.7. The summed E-state index contributed by atoms with van der Waals surface area (Å²) in [5, 5.41) is 15.0. The number of carbonyl (C=O) groups excluding carboxylic acids is 3. The molecule has 0 bridgehead atoms. The average Bonchev–Trinajstić information content (AvgIpc) is 2.96. The molecule has 2 atom stereocenters. The molecule has 0 aliphatic rings. The Bertz CT molecular complexity index is 1330. The van der Waals surface area contributed by atoms with E-state index in [9.17, 15) is 18.8 Å². The first-order valence-electron chi connectivity index (χ1n) is 12.7. The quantitative estimate of drug-likeness (QED) is 0.227. The molecule has 3 amide bonds. The molecule has 40 heavy (non-hydrogen) atoms. The summed E-state index contributed by atoms with van der Waals surface area (Å²) < 4.78 is 19.2. The number of aryl methyl sites for hydroxylation is 1. The molecular weight excluding hydrogens is 543 g/mol. The lowest BCUT2D eigenvalue weighted by atomic mass is 10.1. The fraction of sp³-hybridized carbons (Fsp3) is 0.370. The minimum absolute atomic E-state index is 0.0237. The Morgan fingerprint density at radius 3 is 2.80 bits per heavy atom. The number of aliphatic hydroxyl groups is 1. The van der Waals surface area contributed by atoms with E-state index in [2.05, 4.69) is 20.6 Å². The number of aromatic nitrogens is 2. The number of amides is 3. The molecule has 0 saturated heterocycles. The van der Waals surface area contributed by atoms with Crippen LogP contribution in [-0.2, 0) is 20.7 Å². The van der Waals surface area contributed by atoms with Crippen LogP contribution in [0.25, 0.3) is 10.9 Å². The molecule has 3 rings (SSSR count). The third-order valence-electron chi connectivity index (χ3n) is 6.25. The van der Waals surface area contributed by atoms with Crippen LogP contribution >= 0.6 is 11.6 Å². The van der Waals surface area contributed by atoms with Gasteiger partial charge in [0.2, 0.25) is 11.8 Å². The molecule has 5 N–H and O–H groups in total. The van der Waals surface area contributed by atoms with Crippen LogP contribution in [0.2, 0.25) is 5.02 Å². The number of fused-ring (bicyclic) bond motifs is 1. The molecule has 0 saturated carbocycles. The second-order valence-electron chi connectivity index (χ2n) is 9.08. The molecule has 1 aromatic carbocycles. The van der Waals surface area contributed by atoms with Crippen LogP contribution in [0.4, 0.5) is 15.0 Å². The highest BCUT2D eigenvalue weighted by atomic mass is 35.5. The van der Waals surface area contributed by atoms with Crippen molar-refractivity contribution in [2.45, 2.75) is 37.8 Å². The number of rotatable bonds is 13. The molecule has 11 nitrogen and oxygen atoms in total. The van der Waals surface area contributed by atoms with E-state index in [1.54, 1.807) is 31.4 Å². The molecule has 3 aromatic rings. The lowest BCUT2D eigenvalue weighted by Crippen LogP contribution is -2.44. The van der Waals surface area contributed by atoms with Gasteiger partial charge in [-0.25, -0.2) is 14.2 Å². The van der Waals surface area contributed by atoms with Crippen molar-refractivity contribution >= 4 is 46.2 Å². The SMILES string of the molecule is CN(C(=O)CCc1cccc(F)c1Cl)[C@@H](CCCNC(=O)[C@@H](N)CO)COC(=O)Nc1cc2cccnc2cn1. The van der Waals surface area contributed by atoms with Crippen molar-refractivity contribution in [2.75, 3.05) is 32.1 Å². The van der Waals surface area contributed by atoms with E-state index >= 15 is 0 Å². The summed E-state index contributed by atoms with van der Waals surface area (Å²) in [7, 11) is 1.58. The van der Waals surface area contributed by atoms with Crippen molar-refractivity contribution in [2.24, 2.45) is 5.73 Å². The van der Waals surface area contributed by atoms with Crippen molar-refractivity contribution < 1.29 is 28.6 Å². The second kappa shape index (κ2) is 15.1. The normalized spacial score (nSPS) is 12.4. The van der Waals surface area contributed by atoms with Crippen LogP contribution in [0, 0.1) is 5.82 Å². The third-order valence-corrected chi connectivity index (χ3v) is 6.68. The van der Waals surface area contributed by atoms with E-state index in [1.807, 2.05) is 6.07 Å². The maximum atomic E-state index is 13.8. The molecule has 0 radical (unpaired) electrons. The predicted octanol–water partition coefficient (Wildman–Crippen LogP) is 2.65. The van der Waals surface area contributed by atoms with E-state index in [-0.39, 0.29) is 42.7 Å². The van der Waals surface area contributed by atoms with Crippen LogP contribution in [0.1, 0.15) is 24.8 Å². The maximum Gasteiger partial charge on any atom is 0.412 e.